The largest absolute Gasteiger partial charge is 0.516 e. The van der Waals surface area contributed by atoms with Gasteiger partial charge in [-0.2, -0.15) is 0 Å². The predicted molar refractivity (Wildman–Crippen MR) is 76.6 cm³/mol. The molecule has 0 radical (unpaired) electrons. The highest BCUT2D eigenvalue weighted by molar-refractivity contribution is 5.76. The van der Waals surface area contributed by atoms with Crippen LogP contribution in [0.15, 0.2) is 24.3 Å². The third kappa shape index (κ3) is 5.55. The van der Waals surface area contributed by atoms with E-state index in [9.17, 15) is 19.7 Å². The predicted octanol–water partition coefficient (Wildman–Crippen LogP) is 2.02. The third-order valence-electron chi connectivity index (χ3n) is 2.73. The second-order valence-corrected chi connectivity index (χ2v) is 5.24. The van der Waals surface area contributed by atoms with Gasteiger partial charge < -0.3 is 19.3 Å². The summed E-state index contributed by atoms with van der Waals surface area (Å²) >= 11 is 0. The minimum Gasteiger partial charge on any atom is -0.425 e. The molecule has 126 valence electrons. The van der Waals surface area contributed by atoms with Gasteiger partial charge in [-0.3, -0.25) is 14.9 Å². The molecule has 0 bridgehead atoms. The van der Waals surface area contributed by atoms with Crippen molar-refractivity contribution in [2.75, 3.05) is 6.61 Å². The summed E-state index contributed by atoms with van der Waals surface area (Å²) < 4.78 is 14.4. The number of carbonyl (C=O) groups excluding carboxylic acids is 2. The van der Waals surface area contributed by atoms with E-state index >= 15 is 0 Å². The second kappa shape index (κ2) is 7.54. The lowest BCUT2D eigenvalue weighted by Crippen LogP contribution is -2.34. The minimum atomic E-state index is -1.22. The Labute approximate surface area is 131 Å². The van der Waals surface area contributed by atoms with Crippen molar-refractivity contribution in [2.45, 2.75) is 27.1 Å². The molecule has 1 atom stereocenters. The lowest BCUT2D eigenvalue weighted by Gasteiger charge is -2.22. The molecule has 0 aliphatic heterocycles. The number of nitro groups is 1. The van der Waals surface area contributed by atoms with E-state index in [4.69, 9.17) is 19.3 Å². The monoisotopic (exact) mass is 327 g/mol. The smallest absolute Gasteiger partial charge is 0.425 e. The molecule has 0 aromatic heterocycles. The maximum absolute atomic E-state index is 11.7. The van der Waals surface area contributed by atoms with Crippen LogP contribution in [0.3, 0.4) is 0 Å². The Morgan fingerprint density at radius 2 is 1.83 bits per heavy atom. The van der Waals surface area contributed by atoms with Gasteiger partial charge in [-0.05, 0) is 26.0 Å². The van der Waals surface area contributed by atoms with Crippen molar-refractivity contribution in [3.05, 3.63) is 34.4 Å². The number of nitro benzene ring substituents is 1. The highest BCUT2D eigenvalue weighted by Crippen LogP contribution is 2.19. The van der Waals surface area contributed by atoms with E-state index in [1.807, 2.05) is 0 Å². The summed E-state index contributed by atoms with van der Waals surface area (Å²) in [5.74, 6) is -0.703. The number of aliphatic hydroxyl groups is 1. The molecule has 0 spiro atoms. The average Bonchev–Trinajstić information content (AvgIpc) is 2.47. The van der Waals surface area contributed by atoms with E-state index in [1.165, 1.54) is 32.9 Å². The van der Waals surface area contributed by atoms with Gasteiger partial charge in [-0.1, -0.05) is 0 Å². The highest BCUT2D eigenvalue weighted by atomic mass is 16.8. The lowest BCUT2D eigenvalue weighted by molar-refractivity contribution is -0.384. The van der Waals surface area contributed by atoms with E-state index in [-0.39, 0.29) is 11.4 Å². The van der Waals surface area contributed by atoms with E-state index in [0.29, 0.717) is 0 Å². The summed E-state index contributed by atoms with van der Waals surface area (Å²) in [6.45, 7) is 3.82. The fraction of sp³-hybridized carbons (Fsp3) is 0.429. The van der Waals surface area contributed by atoms with Crippen LogP contribution in [0.25, 0.3) is 0 Å². The van der Waals surface area contributed by atoms with Crippen LogP contribution in [0.2, 0.25) is 0 Å². The zero-order chi connectivity index (χ0) is 17.6. The van der Waals surface area contributed by atoms with Crippen LogP contribution in [0.4, 0.5) is 10.5 Å². The Bertz CT molecular complexity index is 581. The number of aliphatic hydroxyl groups excluding tert-OH is 1. The molecule has 9 nitrogen and oxygen atoms in total. The van der Waals surface area contributed by atoms with Crippen LogP contribution in [-0.4, -0.2) is 35.1 Å². The molecule has 1 N–H and O–H groups in total. The van der Waals surface area contributed by atoms with Crippen molar-refractivity contribution < 1.29 is 33.8 Å². The lowest BCUT2D eigenvalue weighted by atomic mass is 9.95. The molecule has 0 fully saturated rings. The van der Waals surface area contributed by atoms with Crippen molar-refractivity contribution in [3.8, 4) is 5.75 Å². The maximum atomic E-state index is 11.7. The quantitative estimate of drug-likeness (QED) is 0.276. The number of rotatable bonds is 6. The summed E-state index contributed by atoms with van der Waals surface area (Å²) in [6.07, 6.45) is -2.36. The van der Waals surface area contributed by atoms with Crippen molar-refractivity contribution in [1.29, 1.82) is 0 Å². The van der Waals surface area contributed by atoms with Crippen LogP contribution < -0.4 is 4.74 Å². The first-order valence-electron chi connectivity index (χ1n) is 6.60. The van der Waals surface area contributed by atoms with E-state index in [2.05, 4.69) is 0 Å². The van der Waals surface area contributed by atoms with E-state index in [0.717, 1.165) is 12.1 Å². The Kier molecular flexibility index (Phi) is 6.02. The first kappa shape index (κ1) is 18.4. The molecule has 1 aromatic rings. The molecule has 23 heavy (non-hydrogen) atoms. The average molecular weight is 327 g/mol. The first-order valence-corrected chi connectivity index (χ1v) is 6.60. The zero-order valence-electron chi connectivity index (χ0n) is 12.8. The number of ether oxygens (including phenoxy) is 3. The first-order chi connectivity index (χ1) is 10.7. The van der Waals surface area contributed by atoms with E-state index < -0.39 is 35.4 Å². The molecule has 1 rings (SSSR count). The highest BCUT2D eigenvalue weighted by Gasteiger charge is 2.30. The van der Waals surface area contributed by atoms with Gasteiger partial charge in [0.25, 0.3) is 5.69 Å². The van der Waals surface area contributed by atoms with Crippen molar-refractivity contribution >= 4 is 17.8 Å². The van der Waals surface area contributed by atoms with Crippen molar-refractivity contribution in [2.24, 2.45) is 5.41 Å². The van der Waals surface area contributed by atoms with Crippen LogP contribution in [-0.2, 0) is 14.3 Å². The van der Waals surface area contributed by atoms with Crippen LogP contribution >= 0.6 is 0 Å². The second-order valence-electron chi connectivity index (χ2n) is 5.24. The molecule has 0 aliphatic carbocycles. The van der Waals surface area contributed by atoms with Gasteiger partial charge in [-0.25, -0.2) is 4.79 Å². The number of hydrogen-bond acceptors (Lipinski definition) is 8. The van der Waals surface area contributed by atoms with Crippen LogP contribution in [0.1, 0.15) is 20.8 Å². The Morgan fingerprint density at radius 3 is 2.30 bits per heavy atom. The summed E-state index contributed by atoms with van der Waals surface area (Å²) in [6, 6.07) is 4.78. The molecular formula is C14H17NO8. The Morgan fingerprint density at radius 1 is 1.26 bits per heavy atom. The molecule has 0 saturated carbocycles. The Hall–Kier alpha value is -2.68. The van der Waals surface area contributed by atoms with Gasteiger partial charge in [0, 0.05) is 19.1 Å². The summed E-state index contributed by atoms with van der Waals surface area (Å²) in [5, 5.41) is 19.5. The molecule has 0 amide bonds. The number of benzene rings is 1. The van der Waals surface area contributed by atoms with Crippen LogP contribution in [0.5, 0.6) is 5.75 Å². The van der Waals surface area contributed by atoms with E-state index in [1.54, 1.807) is 0 Å². The normalized spacial score (nSPS) is 12.2. The van der Waals surface area contributed by atoms with Gasteiger partial charge >= 0.3 is 12.1 Å². The fourth-order valence-electron chi connectivity index (χ4n) is 1.29. The number of carbonyl (C=O) groups is 2. The number of esters is 1. The van der Waals surface area contributed by atoms with Gasteiger partial charge in [0.1, 0.15) is 5.75 Å². The number of hydrogen-bond donors (Lipinski definition) is 1. The molecule has 9 heteroatoms. The molecule has 0 heterocycles. The standard InChI is InChI=1S/C14H17NO8/c1-9(21-12(17)14(2,3)8-16)22-13(18)23-11-6-4-10(5-7-11)15(19)20/h4-7,9,16H,8H2,1-3H3. The van der Waals surface area contributed by atoms with Crippen molar-refractivity contribution in [3.63, 3.8) is 0 Å². The maximum Gasteiger partial charge on any atom is 0.516 e. The summed E-state index contributed by atoms with van der Waals surface area (Å²) in [7, 11) is 0. The molecule has 0 saturated heterocycles. The Balaban J connectivity index is 2.53. The van der Waals surface area contributed by atoms with Gasteiger partial charge in [0.15, 0.2) is 0 Å². The summed E-state index contributed by atoms with van der Waals surface area (Å²) in [5.41, 5.74) is -1.28. The number of nitrogens with zero attached hydrogens (tertiary/aromatic N) is 1. The SMILES string of the molecule is CC(OC(=O)Oc1ccc([N+](=O)[O-])cc1)OC(=O)C(C)(C)CO. The van der Waals surface area contributed by atoms with Crippen LogP contribution in [0, 0.1) is 15.5 Å². The van der Waals surface area contributed by atoms with Gasteiger partial charge in [0.05, 0.1) is 16.9 Å². The molecule has 0 aliphatic rings. The minimum absolute atomic E-state index is 0.0369. The zero-order valence-corrected chi connectivity index (χ0v) is 12.8. The fourth-order valence-corrected chi connectivity index (χ4v) is 1.29. The van der Waals surface area contributed by atoms with Crippen molar-refractivity contribution in [1.82, 2.24) is 0 Å². The van der Waals surface area contributed by atoms with Gasteiger partial charge in [0.2, 0.25) is 6.29 Å². The molecular weight excluding hydrogens is 310 g/mol. The number of non-ortho nitro benzene ring substituents is 1. The topological polar surface area (TPSA) is 125 Å². The molecule has 1 aromatic carbocycles. The van der Waals surface area contributed by atoms with Gasteiger partial charge in [-0.15, -0.1) is 0 Å². The third-order valence-corrected chi connectivity index (χ3v) is 2.73. The molecule has 1 unspecified atom stereocenters. The summed E-state index contributed by atoms with van der Waals surface area (Å²) in [4.78, 5) is 33.1.